The highest BCUT2D eigenvalue weighted by atomic mass is 16.3. The van der Waals surface area contributed by atoms with Gasteiger partial charge in [0, 0.05) is 25.0 Å². The van der Waals surface area contributed by atoms with Crippen LogP contribution in [-0.4, -0.2) is 57.1 Å². The van der Waals surface area contributed by atoms with Crippen molar-refractivity contribution in [2.45, 2.75) is 38.6 Å². The van der Waals surface area contributed by atoms with Crippen molar-refractivity contribution in [2.24, 2.45) is 17.1 Å². The zero-order valence-corrected chi connectivity index (χ0v) is 12.9. The number of aliphatic hydroxyl groups is 1. The second-order valence-electron chi connectivity index (χ2n) is 6.79. The monoisotopic (exact) mass is 307 g/mol. The maximum Gasteiger partial charge on any atom is 0.276 e. The normalized spacial score (nSPS) is 25.5. The number of carbonyl (C=O) groups excluding carboxylic acids is 1. The van der Waals surface area contributed by atoms with Crippen LogP contribution in [0.5, 0.6) is 0 Å². The van der Waals surface area contributed by atoms with Crippen molar-refractivity contribution in [3.8, 4) is 0 Å². The molecular formula is C15H25N5O2. The Labute approximate surface area is 130 Å². The lowest BCUT2D eigenvalue weighted by Gasteiger charge is -2.41. The van der Waals surface area contributed by atoms with Crippen molar-refractivity contribution in [2.75, 3.05) is 26.2 Å². The number of likely N-dealkylation sites (tertiary alicyclic amines) is 1. The Balaban J connectivity index is 1.68. The van der Waals surface area contributed by atoms with Gasteiger partial charge in [0.2, 0.25) is 0 Å². The minimum atomic E-state index is -0.123. The molecule has 3 N–H and O–H groups in total. The van der Waals surface area contributed by atoms with Crippen molar-refractivity contribution in [1.29, 1.82) is 0 Å². The molecule has 7 heteroatoms. The number of nitrogens with two attached hydrogens (primary N) is 1. The zero-order valence-electron chi connectivity index (χ0n) is 12.9. The summed E-state index contributed by atoms with van der Waals surface area (Å²) >= 11 is 0. The van der Waals surface area contributed by atoms with Crippen molar-refractivity contribution in [3.63, 3.8) is 0 Å². The average molecular weight is 307 g/mol. The molecule has 1 aromatic rings. The molecule has 0 spiro atoms. The Morgan fingerprint density at radius 3 is 3.00 bits per heavy atom. The molecule has 2 fully saturated rings. The third-order valence-electron chi connectivity index (χ3n) is 4.82. The molecule has 122 valence electrons. The zero-order chi connectivity index (χ0) is 15.6. The van der Waals surface area contributed by atoms with Gasteiger partial charge in [0.05, 0.1) is 19.3 Å². The molecule has 0 aromatic carbocycles. The molecule has 1 aromatic heterocycles. The van der Waals surface area contributed by atoms with Gasteiger partial charge in [-0.3, -0.25) is 9.48 Å². The largest absolute Gasteiger partial charge is 0.396 e. The number of hydrogen-bond donors (Lipinski definition) is 2. The summed E-state index contributed by atoms with van der Waals surface area (Å²) in [5, 5.41) is 17.8. The van der Waals surface area contributed by atoms with E-state index in [4.69, 9.17) is 5.73 Å². The van der Waals surface area contributed by atoms with Gasteiger partial charge in [-0.25, -0.2) is 0 Å². The Hall–Kier alpha value is -1.47. The molecule has 7 nitrogen and oxygen atoms in total. The summed E-state index contributed by atoms with van der Waals surface area (Å²) in [4.78, 5) is 14.5. The van der Waals surface area contributed by atoms with Gasteiger partial charge in [-0.15, -0.1) is 5.10 Å². The van der Waals surface area contributed by atoms with E-state index in [0.717, 1.165) is 31.7 Å². The number of amides is 1. The summed E-state index contributed by atoms with van der Waals surface area (Å²) in [5.41, 5.74) is 5.73. The molecule has 22 heavy (non-hydrogen) atoms. The molecule has 3 rings (SSSR count). The first-order valence-electron chi connectivity index (χ1n) is 8.16. The van der Waals surface area contributed by atoms with Gasteiger partial charge in [0.1, 0.15) is 0 Å². The van der Waals surface area contributed by atoms with E-state index in [1.165, 1.54) is 12.8 Å². The highest BCUT2D eigenvalue weighted by Crippen LogP contribution is 2.44. The van der Waals surface area contributed by atoms with Gasteiger partial charge in [0.15, 0.2) is 5.69 Å². The van der Waals surface area contributed by atoms with Crippen LogP contribution in [0.2, 0.25) is 0 Å². The number of aromatic nitrogens is 3. The fraction of sp³-hybridized carbons (Fsp3) is 0.800. The maximum absolute atomic E-state index is 12.6. The molecular weight excluding hydrogens is 282 g/mol. The van der Waals surface area contributed by atoms with Crippen LogP contribution in [0.25, 0.3) is 0 Å². The number of aliphatic hydroxyl groups excluding tert-OH is 1. The quantitative estimate of drug-likeness (QED) is 0.785. The number of nitrogens with zero attached hydrogens (tertiary/aromatic N) is 4. The fourth-order valence-corrected chi connectivity index (χ4v) is 3.48. The van der Waals surface area contributed by atoms with E-state index in [-0.39, 0.29) is 17.9 Å². The highest BCUT2D eigenvalue weighted by molar-refractivity contribution is 5.92. The van der Waals surface area contributed by atoms with Crippen LogP contribution in [0.15, 0.2) is 6.20 Å². The van der Waals surface area contributed by atoms with E-state index in [1.54, 1.807) is 10.9 Å². The molecule has 1 atom stereocenters. The van der Waals surface area contributed by atoms with E-state index >= 15 is 0 Å². The first-order chi connectivity index (χ1) is 10.7. The van der Waals surface area contributed by atoms with Gasteiger partial charge in [-0.2, -0.15) is 0 Å². The molecule has 1 amide bonds. The molecule has 0 radical (unpaired) electrons. The molecule has 1 saturated carbocycles. The second kappa shape index (κ2) is 6.34. The smallest absolute Gasteiger partial charge is 0.276 e. The maximum atomic E-state index is 12.6. The lowest BCUT2D eigenvalue weighted by molar-refractivity contribution is 0.0193. The van der Waals surface area contributed by atoms with E-state index < -0.39 is 0 Å². The fourth-order valence-electron chi connectivity index (χ4n) is 3.48. The van der Waals surface area contributed by atoms with E-state index in [9.17, 15) is 9.90 Å². The summed E-state index contributed by atoms with van der Waals surface area (Å²) < 4.78 is 1.60. The number of piperidine rings is 1. The Kier molecular flexibility index (Phi) is 4.44. The number of rotatable bonds is 6. The molecule has 0 unspecified atom stereocenters. The molecule has 1 saturated heterocycles. The van der Waals surface area contributed by atoms with Crippen molar-refractivity contribution >= 4 is 5.91 Å². The third-order valence-corrected chi connectivity index (χ3v) is 4.82. The molecule has 1 aliphatic heterocycles. The van der Waals surface area contributed by atoms with Crippen molar-refractivity contribution < 1.29 is 9.90 Å². The summed E-state index contributed by atoms with van der Waals surface area (Å²) in [6.45, 7) is 2.54. The highest BCUT2D eigenvalue weighted by Gasteiger charge is 2.41. The lowest BCUT2D eigenvalue weighted by Crippen LogP contribution is -2.48. The number of hydrogen-bond acceptors (Lipinski definition) is 5. The van der Waals surface area contributed by atoms with E-state index in [0.29, 0.717) is 25.3 Å². The lowest BCUT2D eigenvalue weighted by atomic mass is 9.76. The van der Waals surface area contributed by atoms with Gasteiger partial charge < -0.3 is 15.7 Å². The second-order valence-corrected chi connectivity index (χ2v) is 6.79. The molecule has 1 aliphatic carbocycles. The van der Waals surface area contributed by atoms with Crippen LogP contribution in [-0.2, 0) is 6.54 Å². The van der Waals surface area contributed by atoms with Crippen molar-refractivity contribution in [1.82, 2.24) is 19.9 Å². The van der Waals surface area contributed by atoms with Crippen molar-refractivity contribution in [3.05, 3.63) is 11.9 Å². The predicted molar refractivity (Wildman–Crippen MR) is 81.1 cm³/mol. The summed E-state index contributed by atoms with van der Waals surface area (Å²) in [6, 6.07) is 0. The van der Waals surface area contributed by atoms with Gasteiger partial charge in [-0.05, 0) is 25.2 Å². The third kappa shape index (κ3) is 3.30. The van der Waals surface area contributed by atoms with Crippen LogP contribution in [0.1, 0.15) is 42.6 Å². The number of carbonyl (C=O) groups is 1. The minimum Gasteiger partial charge on any atom is -0.396 e. The standard InChI is InChI=1S/C15H25N5O2/c16-5-7-20-9-13(17-18-20)14(22)19-6-1-4-15(10-19,11-21)8-12-2-3-12/h9,12,21H,1-8,10-11,16H2/t15-/m0/s1. The van der Waals surface area contributed by atoms with E-state index in [2.05, 4.69) is 10.3 Å². The Morgan fingerprint density at radius 1 is 1.50 bits per heavy atom. The summed E-state index contributed by atoms with van der Waals surface area (Å²) in [6.07, 6.45) is 7.17. The van der Waals surface area contributed by atoms with Gasteiger partial charge >= 0.3 is 0 Å². The SMILES string of the molecule is NCCn1cc(C(=O)N2CCC[C@](CO)(CC3CC3)C2)nn1. The minimum absolute atomic E-state index is 0.0865. The Morgan fingerprint density at radius 2 is 2.32 bits per heavy atom. The van der Waals surface area contributed by atoms with Crippen LogP contribution >= 0.6 is 0 Å². The predicted octanol–water partition coefficient (Wildman–Crippen LogP) is 0.252. The van der Waals surface area contributed by atoms with Crippen LogP contribution < -0.4 is 5.73 Å². The van der Waals surface area contributed by atoms with Gasteiger partial charge in [0.25, 0.3) is 5.91 Å². The summed E-state index contributed by atoms with van der Waals surface area (Å²) in [5.74, 6) is 0.657. The van der Waals surface area contributed by atoms with Crippen LogP contribution in [0.3, 0.4) is 0 Å². The Bertz CT molecular complexity index is 528. The first-order valence-corrected chi connectivity index (χ1v) is 8.16. The summed E-state index contributed by atoms with van der Waals surface area (Å²) in [7, 11) is 0. The first kappa shape index (κ1) is 15.4. The van der Waals surface area contributed by atoms with E-state index in [1.807, 2.05) is 4.90 Å². The molecule has 2 aliphatic rings. The average Bonchev–Trinajstić information content (AvgIpc) is 3.22. The molecule has 2 heterocycles. The molecule has 0 bridgehead atoms. The van der Waals surface area contributed by atoms with Gasteiger partial charge in [-0.1, -0.05) is 18.1 Å². The van der Waals surface area contributed by atoms with Crippen LogP contribution in [0, 0.1) is 11.3 Å². The topological polar surface area (TPSA) is 97.3 Å². The van der Waals surface area contributed by atoms with Crippen LogP contribution in [0.4, 0.5) is 0 Å².